The second-order valence-electron chi connectivity index (χ2n) is 4.38. The number of allylic oxidation sites excluding steroid dienone is 2. The van der Waals surface area contributed by atoms with E-state index in [1.165, 1.54) is 19.3 Å². The third kappa shape index (κ3) is 7.61. The van der Waals surface area contributed by atoms with Crippen molar-refractivity contribution >= 4 is 0 Å². The Balaban J connectivity index is 3.67. The zero-order valence-corrected chi connectivity index (χ0v) is 10.7. The molecule has 1 N–H and O–H groups in total. The van der Waals surface area contributed by atoms with Gasteiger partial charge in [0.25, 0.3) is 0 Å². The van der Waals surface area contributed by atoms with Gasteiger partial charge in [-0.2, -0.15) is 0 Å². The monoisotopic (exact) mass is 212 g/mol. The Bertz CT molecular complexity index is 151. The zero-order valence-electron chi connectivity index (χ0n) is 10.7. The normalized spacial score (nSPS) is 15.7. The first-order chi connectivity index (χ1) is 7.26. The number of unbranched alkanes of at least 4 members (excludes halogenated alkanes) is 2. The summed E-state index contributed by atoms with van der Waals surface area (Å²) in [5.41, 5.74) is 0. The molecule has 0 saturated carbocycles. The van der Waals surface area contributed by atoms with E-state index in [4.69, 9.17) is 0 Å². The van der Waals surface area contributed by atoms with Crippen LogP contribution >= 0.6 is 0 Å². The molecule has 0 aliphatic rings. The predicted octanol–water partition coefficient (Wildman–Crippen LogP) is 4.31. The maximum Gasteiger partial charge on any atom is 0.0568 e. The molecule has 0 aliphatic carbocycles. The van der Waals surface area contributed by atoms with Crippen molar-refractivity contribution < 1.29 is 5.11 Å². The third-order valence-electron chi connectivity index (χ3n) is 3.10. The van der Waals surface area contributed by atoms with Crippen LogP contribution < -0.4 is 0 Å². The summed E-state index contributed by atoms with van der Waals surface area (Å²) in [6.45, 7) is 6.45. The minimum absolute atomic E-state index is 0.0770. The van der Waals surface area contributed by atoms with Gasteiger partial charge in [-0.25, -0.2) is 0 Å². The Morgan fingerprint density at radius 3 is 2.40 bits per heavy atom. The van der Waals surface area contributed by atoms with Crippen molar-refractivity contribution in [1.82, 2.24) is 0 Å². The fourth-order valence-corrected chi connectivity index (χ4v) is 1.98. The van der Waals surface area contributed by atoms with Crippen LogP contribution in [-0.4, -0.2) is 11.2 Å². The zero-order chi connectivity index (χ0) is 11.5. The number of aliphatic hydroxyl groups is 1. The summed E-state index contributed by atoms with van der Waals surface area (Å²) in [5, 5.41) is 10.0. The lowest BCUT2D eigenvalue weighted by molar-refractivity contribution is 0.0885. The van der Waals surface area contributed by atoms with Crippen LogP contribution in [-0.2, 0) is 0 Å². The summed E-state index contributed by atoms with van der Waals surface area (Å²) in [5.74, 6) is 0.524. The van der Waals surface area contributed by atoms with E-state index in [1.54, 1.807) is 0 Å². The summed E-state index contributed by atoms with van der Waals surface area (Å²) >= 11 is 0. The molecule has 0 aliphatic heterocycles. The molecular weight excluding hydrogens is 184 g/mol. The van der Waals surface area contributed by atoms with Gasteiger partial charge in [0.2, 0.25) is 0 Å². The number of hydrogen-bond acceptors (Lipinski definition) is 1. The van der Waals surface area contributed by atoms with E-state index in [9.17, 15) is 5.11 Å². The molecular formula is C14H28O. The van der Waals surface area contributed by atoms with Crippen LogP contribution in [0.1, 0.15) is 65.7 Å². The second-order valence-corrected chi connectivity index (χ2v) is 4.38. The fraction of sp³-hybridized carbons (Fsp3) is 0.857. The second kappa shape index (κ2) is 10.2. The van der Waals surface area contributed by atoms with E-state index in [-0.39, 0.29) is 6.10 Å². The van der Waals surface area contributed by atoms with E-state index in [0.29, 0.717) is 5.92 Å². The SMILES string of the molecule is C/C=C/CCCC(O)C(CC)CCCC. The Morgan fingerprint density at radius 1 is 1.13 bits per heavy atom. The lowest BCUT2D eigenvalue weighted by Gasteiger charge is -2.21. The average molecular weight is 212 g/mol. The molecule has 0 spiro atoms. The number of rotatable bonds is 9. The van der Waals surface area contributed by atoms with Gasteiger partial charge < -0.3 is 5.11 Å². The molecule has 1 heteroatoms. The number of aliphatic hydroxyl groups excluding tert-OH is 1. The quantitative estimate of drug-likeness (QED) is 0.446. The van der Waals surface area contributed by atoms with Crippen LogP contribution in [0, 0.1) is 5.92 Å². The molecule has 0 radical (unpaired) electrons. The van der Waals surface area contributed by atoms with Crippen LogP contribution in [0.2, 0.25) is 0 Å². The molecule has 0 amide bonds. The van der Waals surface area contributed by atoms with Crippen molar-refractivity contribution in [2.45, 2.75) is 71.8 Å². The Hall–Kier alpha value is -0.300. The molecule has 0 bridgehead atoms. The molecule has 15 heavy (non-hydrogen) atoms. The van der Waals surface area contributed by atoms with E-state index < -0.39 is 0 Å². The molecule has 0 aromatic heterocycles. The molecule has 0 heterocycles. The van der Waals surface area contributed by atoms with Gasteiger partial charge in [0.1, 0.15) is 0 Å². The van der Waals surface area contributed by atoms with Crippen molar-refractivity contribution in [3.8, 4) is 0 Å². The van der Waals surface area contributed by atoms with Crippen molar-refractivity contribution in [2.24, 2.45) is 5.92 Å². The van der Waals surface area contributed by atoms with Crippen molar-refractivity contribution in [3.63, 3.8) is 0 Å². The van der Waals surface area contributed by atoms with Crippen molar-refractivity contribution in [2.75, 3.05) is 0 Å². The molecule has 0 aromatic rings. The van der Waals surface area contributed by atoms with E-state index in [2.05, 4.69) is 26.0 Å². The third-order valence-corrected chi connectivity index (χ3v) is 3.10. The molecule has 1 nitrogen and oxygen atoms in total. The van der Waals surface area contributed by atoms with Crippen LogP contribution in [0.25, 0.3) is 0 Å². The molecule has 0 aromatic carbocycles. The summed E-state index contributed by atoms with van der Waals surface area (Å²) in [4.78, 5) is 0. The van der Waals surface area contributed by atoms with Crippen LogP contribution in [0.15, 0.2) is 12.2 Å². The highest BCUT2D eigenvalue weighted by atomic mass is 16.3. The van der Waals surface area contributed by atoms with Crippen LogP contribution in [0.4, 0.5) is 0 Å². The van der Waals surface area contributed by atoms with E-state index in [1.807, 2.05) is 6.92 Å². The first-order valence-electron chi connectivity index (χ1n) is 6.55. The minimum Gasteiger partial charge on any atom is -0.393 e. The summed E-state index contributed by atoms with van der Waals surface area (Å²) in [6, 6.07) is 0. The average Bonchev–Trinajstić information content (AvgIpc) is 2.25. The van der Waals surface area contributed by atoms with E-state index in [0.717, 1.165) is 25.7 Å². The van der Waals surface area contributed by atoms with Gasteiger partial charge in [-0.3, -0.25) is 0 Å². The smallest absolute Gasteiger partial charge is 0.0568 e. The molecule has 90 valence electrons. The number of hydrogen-bond donors (Lipinski definition) is 1. The maximum absolute atomic E-state index is 10.0. The molecule has 2 atom stereocenters. The predicted molar refractivity (Wildman–Crippen MR) is 68.0 cm³/mol. The Morgan fingerprint density at radius 2 is 1.87 bits per heavy atom. The minimum atomic E-state index is -0.0770. The highest BCUT2D eigenvalue weighted by molar-refractivity contribution is 4.77. The highest BCUT2D eigenvalue weighted by Crippen LogP contribution is 2.20. The first kappa shape index (κ1) is 14.7. The summed E-state index contributed by atoms with van der Waals surface area (Å²) < 4.78 is 0. The topological polar surface area (TPSA) is 20.2 Å². The van der Waals surface area contributed by atoms with Gasteiger partial charge in [-0.1, -0.05) is 45.3 Å². The van der Waals surface area contributed by atoms with Gasteiger partial charge in [0.05, 0.1) is 6.10 Å². The van der Waals surface area contributed by atoms with Gasteiger partial charge in [-0.05, 0) is 38.5 Å². The molecule has 0 rings (SSSR count). The van der Waals surface area contributed by atoms with Gasteiger partial charge >= 0.3 is 0 Å². The van der Waals surface area contributed by atoms with Gasteiger partial charge in [-0.15, -0.1) is 0 Å². The molecule has 2 unspecified atom stereocenters. The van der Waals surface area contributed by atoms with Crippen molar-refractivity contribution in [3.05, 3.63) is 12.2 Å². The Kier molecular flexibility index (Phi) is 10.0. The van der Waals surface area contributed by atoms with Crippen LogP contribution in [0.5, 0.6) is 0 Å². The van der Waals surface area contributed by atoms with Crippen LogP contribution in [0.3, 0.4) is 0 Å². The lowest BCUT2D eigenvalue weighted by atomic mass is 9.90. The fourth-order valence-electron chi connectivity index (χ4n) is 1.98. The van der Waals surface area contributed by atoms with Crippen molar-refractivity contribution in [1.29, 1.82) is 0 Å². The standard InChI is InChI=1S/C14H28O/c1-4-7-9-10-12-14(15)13(6-3)11-8-5-2/h4,7,13-15H,5-6,8-12H2,1-3H3/b7-4+. The van der Waals surface area contributed by atoms with Gasteiger partial charge in [0, 0.05) is 0 Å². The molecule has 0 saturated heterocycles. The summed E-state index contributed by atoms with van der Waals surface area (Å²) in [7, 11) is 0. The largest absolute Gasteiger partial charge is 0.393 e. The maximum atomic E-state index is 10.0. The molecule has 0 fully saturated rings. The first-order valence-corrected chi connectivity index (χ1v) is 6.55. The van der Waals surface area contributed by atoms with Gasteiger partial charge in [0.15, 0.2) is 0 Å². The van der Waals surface area contributed by atoms with E-state index >= 15 is 0 Å². The Labute approximate surface area is 95.6 Å². The summed E-state index contributed by atoms with van der Waals surface area (Å²) in [6.07, 6.45) is 12.2. The highest BCUT2D eigenvalue weighted by Gasteiger charge is 2.15. The lowest BCUT2D eigenvalue weighted by Crippen LogP contribution is -2.19.